The molecule has 0 aliphatic heterocycles. The molecule has 0 bridgehead atoms. The molecule has 0 amide bonds. The third-order valence-electron chi connectivity index (χ3n) is 1.30. The predicted octanol–water partition coefficient (Wildman–Crippen LogP) is 1.31. The van der Waals surface area contributed by atoms with Crippen molar-refractivity contribution in [3.05, 3.63) is 22.4 Å². The lowest BCUT2D eigenvalue weighted by Gasteiger charge is -2.02. The van der Waals surface area contributed by atoms with Crippen molar-refractivity contribution >= 4 is 15.9 Å². The first kappa shape index (κ1) is 8.49. The van der Waals surface area contributed by atoms with E-state index in [2.05, 4.69) is 20.9 Å². The number of nitrogens with zero attached hydrogens (tertiary/aromatic N) is 1. The van der Waals surface area contributed by atoms with E-state index in [9.17, 15) is 0 Å². The van der Waals surface area contributed by atoms with Gasteiger partial charge in [-0.1, -0.05) is 0 Å². The highest BCUT2D eigenvalue weighted by Crippen LogP contribution is 2.21. The summed E-state index contributed by atoms with van der Waals surface area (Å²) in [6.07, 6.45) is 0. The second kappa shape index (κ2) is 3.69. The molecule has 1 rings (SSSR count). The molecule has 0 saturated carbocycles. The van der Waals surface area contributed by atoms with E-state index < -0.39 is 0 Å². The highest BCUT2D eigenvalue weighted by molar-refractivity contribution is 9.10. The van der Waals surface area contributed by atoms with Crippen molar-refractivity contribution in [2.75, 3.05) is 7.11 Å². The second-order valence-electron chi connectivity index (χ2n) is 2.00. The highest BCUT2D eigenvalue weighted by atomic mass is 79.9. The van der Waals surface area contributed by atoms with Crippen LogP contribution in [0.15, 0.2) is 16.7 Å². The Hall–Kier alpha value is -0.610. The average molecular weight is 217 g/mol. The number of aromatic nitrogens is 1. The Bertz CT molecular complexity index is 252. The van der Waals surface area contributed by atoms with Crippen LogP contribution in [0.5, 0.6) is 5.75 Å². The molecule has 0 radical (unpaired) electrons. The van der Waals surface area contributed by atoms with Crippen LogP contribution in [0.2, 0.25) is 0 Å². The molecule has 0 aliphatic carbocycles. The number of rotatable bonds is 2. The molecule has 4 heteroatoms. The summed E-state index contributed by atoms with van der Waals surface area (Å²) in [5.74, 6) is 0.724. The molecule has 2 N–H and O–H groups in total. The quantitative estimate of drug-likeness (QED) is 0.759. The fourth-order valence-electron chi connectivity index (χ4n) is 0.725. The SMILES string of the molecule is COc1ccc(CN)nc1Br. The Kier molecular flexibility index (Phi) is 2.84. The van der Waals surface area contributed by atoms with Crippen LogP contribution in [0.1, 0.15) is 5.69 Å². The van der Waals surface area contributed by atoms with Crippen molar-refractivity contribution in [1.82, 2.24) is 4.98 Å². The molecule has 0 aromatic carbocycles. The number of hydrogen-bond donors (Lipinski definition) is 1. The van der Waals surface area contributed by atoms with Crippen LogP contribution in [0.4, 0.5) is 0 Å². The van der Waals surface area contributed by atoms with E-state index in [1.807, 2.05) is 12.1 Å². The Morgan fingerprint density at radius 3 is 2.82 bits per heavy atom. The molecule has 0 atom stereocenters. The average Bonchev–Trinajstić information content (AvgIpc) is 2.04. The first-order valence-corrected chi connectivity index (χ1v) is 3.96. The van der Waals surface area contributed by atoms with E-state index in [4.69, 9.17) is 10.5 Å². The van der Waals surface area contributed by atoms with Gasteiger partial charge in [0.2, 0.25) is 0 Å². The van der Waals surface area contributed by atoms with Gasteiger partial charge < -0.3 is 10.5 Å². The van der Waals surface area contributed by atoms with Crippen LogP contribution in [-0.4, -0.2) is 12.1 Å². The van der Waals surface area contributed by atoms with Crippen LogP contribution in [0.25, 0.3) is 0 Å². The zero-order valence-electron chi connectivity index (χ0n) is 6.17. The summed E-state index contributed by atoms with van der Waals surface area (Å²) < 4.78 is 5.69. The summed E-state index contributed by atoms with van der Waals surface area (Å²) in [4.78, 5) is 4.13. The summed E-state index contributed by atoms with van der Waals surface area (Å²) in [5, 5.41) is 0. The van der Waals surface area contributed by atoms with E-state index in [1.54, 1.807) is 7.11 Å². The highest BCUT2D eigenvalue weighted by Gasteiger charge is 2.00. The molecule has 60 valence electrons. The molecule has 3 nitrogen and oxygen atoms in total. The summed E-state index contributed by atoms with van der Waals surface area (Å²) in [7, 11) is 1.60. The van der Waals surface area contributed by atoms with Gasteiger partial charge in [0.15, 0.2) is 5.75 Å². The molecule has 0 spiro atoms. The predicted molar refractivity (Wildman–Crippen MR) is 46.4 cm³/mol. The number of nitrogens with two attached hydrogens (primary N) is 1. The van der Waals surface area contributed by atoms with Crippen LogP contribution in [-0.2, 0) is 6.54 Å². The van der Waals surface area contributed by atoms with Gasteiger partial charge in [0.05, 0.1) is 12.8 Å². The first-order valence-electron chi connectivity index (χ1n) is 3.17. The molecule has 0 aliphatic rings. The third kappa shape index (κ3) is 1.91. The second-order valence-corrected chi connectivity index (χ2v) is 2.75. The van der Waals surface area contributed by atoms with Gasteiger partial charge in [-0.05, 0) is 28.1 Å². The Balaban J connectivity index is 2.99. The van der Waals surface area contributed by atoms with Crippen LogP contribution in [0, 0.1) is 0 Å². The minimum atomic E-state index is 0.447. The van der Waals surface area contributed by atoms with Crippen molar-refractivity contribution < 1.29 is 4.74 Å². The van der Waals surface area contributed by atoms with Gasteiger partial charge in [-0.15, -0.1) is 0 Å². The van der Waals surface area contributed by atoms with Crippen molar-refractivity contribution in [2.45, 2.75) is 6.54 Å². The summed E-state index contributed by atoms with van der Waals surface area (Å²) in [5.41, 5.74) is 6.23. The van der Waals surface area contributed by atoms with Crippen molar-refractivity contribution in [1.29, 1.82) is 0 Å². The Labute approximate surface area is 73.7 Å². The standard InChI is InChI=1S/C7H9BrN2O/c1-11-6-3-2-5(4-9)10-7(6)8/h2-3H,4,9H2,1H3. The minimum Gasteiger partial charge on any atom is -0.494 e. The lowest BCUT2D eigenvalue weighted by Crippen LogP contribution is -2.00. The number of methoxy groups -OCH3 is 1. The summed E-state index contributed by atoms with van der Waals surface area (Å²) >= 11 is 3.26. The largest absolute Gasteiger partial charge is 0.494 e. The summed E-state index contributed by atoms with van der Waals surface area (Å²) in [6.45, 7) is 0.447. The van der Waals surface area contributed by atoms with Gasteiger partial charge in [0.25, 0.3) is 0 Å². The summed E-state index contributed by atoms with van der Waals surface area (Å²) in [6, 6.07) is 3.67. The van der Waals surface area contributed by atoms with Gasteiger partial charge in [-0.3, -0.25) is 0 Å². The molecular weight excluding hydrogens is 208 g/mol. The van der Waals surface area contributed by atoms with Crippen LogP contribution in [0.3, 0.4) is 0 Å². The van der Waals surface area contributed by atoms with E-state index in [1.165, 1.54) is 0 Å². The van der Waals surface area contributed by atoms with Gasteiger partial charge in [0, 0.05) is 6.54 Å². The Morgan fingerprint density at radius 2 is 2.36 bits per heavy atom. The van der Waals surface area contributed by atoms with Gasteiger partial charge >= 0.3 is 0 Å². The van der Waals surface area contributed by atoms with Gasteiger partial charge in [-0.2, -0.15) is 0 Å². The lowest BCUT2D eigenvalue weighted by atomic mass is 10.3. The van der Waals surface area contributed by atoms with Crippen LogP contribution < -0.4 is 10.5 Å². The van der Waals surface area contributed by atoms with E-state index in [0.29, 0.717) is 11.1 Å². The molecule has 11 heavy (non-hydrogen) atoms. The smallest absolute Gasteiger partial charge is 0.151 e. The van der Waals surface area contributed by atoms with Crippen molar-refractivity contribution in [3.8, 4) is 5.75 Å². The van der Waals surface area contributed by atoms with E-state index >= 15 is 0 Å². The number of halogens is 1. The molecule has 0 saturated heterocycles. The zero-order valence-corrected chi connectivity index (χ0v) is 7.76. The zero-order chi connectivity index (χ0) is 8.27. The fourth-order valence-corrected chi connectivity index (χ4v) is 1.25. The molecular formula is C7H9BrN2O. The van der Waals surface area contributed by atoms with Crippen molar-refractivity contribution in [2.24, 2.45) is 5.73 Å². The monoisotopic (exact) mass is 216 g/mol. The van der Waals surface area contributed by atoms with E-state index in [-0.39, 0.29) is 0 Å². The van der Waals surface area contributed by atoms with Crippen LogP contribution >= 0.6 is 15.9 Å². The van der Waals surface area contributed by atoms with E-state index in [0.717, 1.165) is 11.4 Å². The molecule has 0 unspecified atom stereocenters. The Morgan fingerprint density at radius 1 is 1.64 bits per heavy atom. The number of hydrogen-bond acceptors (Lipinski definition) is 3. The van der Waals surface area contributed by atoms with Gasteiger partial charge in [-0.25, -0.2) is 4.98 Å². The third-order valence-corrected chi connectivity index (χ3v) is 1.87. The lowest BCUT2D eigenvalue weighted by molar-refractivity contribution is 0.409. The maximum atomic E-state index is 5.39. The molecule has 1 heterocycles. The molecule has 1 aromatic heterocycles. The number of pyridine rings is 1. The topological polar surface area (TPSA) is 48.1 Å². The first-order chi connectivity index (χ1) is 5.27. The maximum absolute atomic E-state index is 5.39. The minimum absolute atomic E-state index is 0.447. The molecule has 1 aromatic rings. The van der Waals surface area contributed by atoms with Gasteiger partial charge in [0.1, 0.15) is 4.60 Å². The van der Waals surface area contributed by atoms with Crippen molar-refractivity contribution in [3.63, 3.8) is 0 Å². The fraction of sp³-hybridized carbons (Fsp3) is 0.286. The number of ether oxygens (including phenoxy) is 1. The molecule has 0 fully saturated rings. The maximum Gasteiger partial charge on any atom is 0.151 e. The normalized spacial score (nSPS) is 9.73.